The molecule has 8 rings (SSSR count). The van der Waals surface area contributed by atoms with Gasteiger partial charge in [-0.15, -0.1) is 0 Å². The van der Waals surface area contributed by atoms with Crippen LogP contribution in [0.1, 0.15) is 44.2 Å². The Morgan fingerprint density at radius 2 is 1.79 bits per heavy atom. The second-order valence-electron chi connectivity index (χ2n) is 10.5. The van der Waals surface area contributed by atoms with Crippen molar-refractivity contribution in [2.45, 2.75) is 49.7 Å². The van der Waals surface area contributed by atoms with Crippen LogP contribution in [0.5, 0.6) is 0 Å². The number of imidazole rings is 2. The third kappa shape index (κ3) is 2.80. The molecule has 4 aliphatic rings. The van der Waals surface area contributed by atoms with Crippen molar-refractivity contribution >= 4 is 5.65 Å². The van der Waals surface area contributed by atoms with Gasteiger partial charge in [-0.1, -0.05) is 0 Å². The molecule has 0 amide bonds. The van der Waals surface area contributed by atoms with Crippen LogP contribution in [0.15, 0.2) is 48.9 Å². The normalized spacial score (nSPS) is 29.6. The summed E-state index contributed by atoms with van der Waals surface area (Å²) in [4.78, 5) is 9.08. The quantitative estimate of drug-likeness (QED) is 0.498. The van der Waals surface area contributed by atoms with Gasteiger partial charge in [-0.3, -0.25) is 0 Å². The molecule has 34 heavy (non-hydrogen) atoms. The van der Waals surface area contributed by atoms with Gasteiger partial charge >= 0.3 is 0 Å². The standard InChI is InChI=1S/C26H23FN6O/c27-19-3-1-18(2-4-19)23-24(21-5-6-22-29-13-20(12-28)33(22)31-21)32(15-30-23)25-8-16-7-17(9-25)11-26(34,10-16)14-25/h1-6,13,15-17,34H,7-11,14H2/t16-,17?,25?,26?/m1/s1. The molecule has 0 radical (unpaired) electrons. The van der Waals surface area contributed by atoms with E-state index < -0.39 is 5.60 Å². The highest BCUT2D eigenvalue weighted by Crippen LogP contribution is 2.61. The molecular weight excluding hydrogens is 431 g/mol. The Morgan fingerprint density at radius 3 is 2.50 bits per heavy atom. The lowest BCUT2D eigenvalue weighted by molar-refractivity contribution is -0.156. The fourth-order valence-corrected chi connectivity index (χ4v) is 7.30. The van der Waals surface area contributed by atoms with Crippen LogP contribution < -0.4 is 0 Å². The number of halogens is 1. The van der Waals surface area contributed by atoms with E-state index in [-0.39, 0.29) is 11.4 Å². The summed E-state index contributed by atoms with van der Waals surface area (Å²) in [6.45, 7) is 0. The second-order valence-corrected chi connectivity index (χ2v) is 10.5. The molecule has 1 N–H and O–H groups in total. The highest BCUT2D eigenvalue weighted by Gasteiger charge is 2.58. The molecule has 3 unspecified atom stereocenters. The minimum atomic E-state index is -0.628. The van der Waals surface area contributed by atoms with Crippen LogP contribution in [0, 0.1) is 29.0 Å². The first-order valence-corrected chi connectivity index (χ1v) is 11.8. The summed E-state index contributed by atoms with van der Waals surface area (Å²) < 4.78 is 17.5. The van der Waals surface area contributed by atoms with Crippen molar-refractivity contribution in [3.05, 3.63) is 60.4 Å². The van der Waals surface area contributed by atoms with Gasteiger partial charge in [0.15, 0.2) is 11.3 Å². The monoisotopic (exact) mass is 454 g/mol. The van der Waals surface area contributed by atoms with Gasteiger partial charge in [-0.25, -0.2) is 18.9 Å². The van der Waals surface area contributed by atoms with Crippen molar-refractivity contribution in [2.75, 3.05) is 0 Å². The van der Waals surface area contributed by atoms with Crippen LogP contribution in [0.3, 0.4) is 0 Å². The van der Waals surface area contributed by atoms with E-state index in [1.165, 1.54) is 24.8 Å². The molecule has 3 aromatic heterocycles. The van der Waals surface area contributed by atoms with Gasteiger partial charge < -0.3 is 9.67 Å². The molecule has 0 saturated heterocycles. The number of aliphatic hydroxyl groups is 1. The SMILES string of the molecule is N#Cc1cnc2ccc(-c3c(-c4ccc(F)cc4)ncn3C34CC5C[C@@H](CC(O)(C5)C3)C4)nn12. The zero-order valence-electron chi connectivity index (χ0n) is 18.5. The van der Waals surface area contributed by atoms with Crippen LogP contribution in [0.4, 0.5) is 4.39 Å². The van der Waals surface area contributed by atoms with Crippen molar-refractivity contribution in [3.8, 4) is 28.7 Å². The predicted octanol–water partition coefficient (Wildman–Crippen LogP) is 4.31. The number of rotatable bonds is 3. The predicted molar refractivity (Wildman–Crippen MR) is 122 cm³/mol. The highest BCUT2D eigenvalue weighted by atomic mass is 19.1. The zero-order valence-corrected chi connectivity index (χ0v) is 18.5. The maximum absolute atomic E-state index is 13.7. The molecule has 3 heterocycles. The lowest BCUT2D eigenvalue weighted by atomic mass is 9.51. The first-order chi connectivity index (χ1) is 16.5. The van der Waals surface area contributed by atoms with Gasteiger partial charge in [0.2, 0.25) is 0 Å². The molecule has 4 aromatic rings. The lowest BCUT2D eigenvalue weighted by Crippen LogP contribution is -2.59. The topological polar surface area (TPSA) is 92.0 Å². The van der Waals surface area contributed by atoms with E-state index >= 15 is 0 Å². The Morgan fingerprint density at radius 1 is 1.03 bits per heavy atom. The second kappa shape index (κ2) is 6.73. The minimum absolute atomic E-state index is 0.233. The largest absolute Gasteiger partial charge is 0.390 e. The number of hydrogen-bond acceptors (Lipinski definition) is 5. The molecule has 1 aromatic carbocycles. The van der Waals surface area contributed by atoms with Crippen LogP contribution >= 0.6 is 0 Å². The Hall–Kier alpha value is -3.57. The van der Waals surface area contributed by atoms with Gasteiger partial charge in [0, 0.05) is 11.1 Å². The molecule has 8 heteroatoms. The Balaban J connectivity index is 1.46. The van der Waals surface area contributed by atoms with Crippen LogP contribution in [-0.4, -0.2) is 34.9 Å². The number of benzene rings is 1. The van der Waals surface area contributed by atoms with Crippen LogP contribution in [-0.2, 0) is 5.54 Å². The van der Waals surface area contributed by atoms with Crippen molar-refractivity contribution in [1.82, 2.24) is 24.1 Å². The van der Waals surface area contributed by atoms with Crippen molar-refractivity contribution in [1.29, 1.82) is 5.26 Å². The first-order valence-electron chi connectivity index (χ1n) is 11.8. The number of nitriles is 1. The van der Waals surface area contributed by atoms with E-state index in [1.807, 2.05) is 18.5 Å². The van der Waals surface area contributed by atoms with Crippen LogP contribution in [0.25, 0.3) is 28.3 Å². The van der Waals surface area contributed by atoms with Gasteiger partial charge in [-0.2, -0.15) is 10.4 Å². The number of fused-ring (bicyclic) bond motifs is 1. The van der Waals surface area contributed by atoms with Gasteiger partial charge in [0.1, 0.15) is 17.6 Å². The molecule has 0 spiro atoms. The van der Waals surface area contributed by atoms with E-state index in [0.29, 0.717) is 41.0 Å². The molecule has 170 valence electrons. The third-order valence-electron chi connectivity index (χ3n) is 8.12. The number of aromatic nitrogens is 5. The van der Waals surface area contributed by atoms with E-state index in [0.717, 1.165) is 36.9 Å². The minimum Gasteiger partial charge on any atom is -0.390 e. The van der Waals surface area contributed by atoms with E-state index in [9.17, 15) is 14.8 Å². The summed E-state index contributed by atoms with van der Waals surface area (Å²) >= 11 is 0. The Labute approximate surface area is 195 Å². The summed E-state index contributed by atoms with van der Waals surface area (Å²) in [5.74, 6) is 0.708. The maximum atomic E-state index is 13.7. The Kier molecular flexibility index (Phi) is 3.93. The fourth-order valence-electron chi connectivity index (χ4n) is 7.30. The summed E-state index contributed by atoms with van der Waals surface area (Å²) in [5.41, 5.74) is 3.10. The Bertz CT molecular complexity index is 1470. The van der Waals surface area contributed by atoms with Crippen molar-refractivity contribution < 1.29 is 9.50 Å². The van der Waals surface area contributed by atoms with Crippen molar-refractivity contribution in [2.24, 2.45) is 11.8 Å². The third-order valence-corrected chi connectivity index (χ3v) is 8.12. The zero-order chi connectivity index (χ0) is 23.1. The molecule has 4 fully saturated rings. The molecule has 4 saturated carbocycles. The first kappa shape index (κ1) is 19.9. The van der Waals surface area contributed by atoms with E-state index in [1.54, 1.807) is 16.6 Å². The average Bonchev–Trinajstić information content (AvgIpc) is 3.42. The number of nitrogens with zero attached hydrogens (tertiary/aromatic N) is 6. The lowest BCUT2D eigenvalue weighted by Gasteiger charge is -2.60. The summed E-state index contributed by atoms with van der Waals surface area (Å²) in [6.07, 6.45) is 9.05. The average molecular weight is 455 g/mol. The molecule has 7 nitrogen and oxygen atoms in total. The van der Waals surface area contributed by atoms with Gasteiger partial charge in [0.25, 0.3) is 0 Å². The summed E-state index contributed by atoms with van der Waals surface area (Å²) in [5, 5.41) is 25.7. The van der Waals surface area contributed by atoms with Gasteiger partial charge in [-0.05, 0) is 86.8 Å². The smallest absolute Gasteiger partial charge is 0.162 e. The van der Waals surface area contributed by atoms with E-state index in [4.69, 9.17) is 10.1 Å². The fraction of sp³-hybridized carbons (Fsp3) is 0.385. The maximum Gasteiger partial charge on any atom is 0.162 e. The molecule has 4 aliphatic carbocycles. The summed E-state index contributed by atoms with van der Waals surface area (Å²) in [6, 6.07) is 12.2. The highest BCUT2D eigenvalue weighted by molar-refractivity contribution is 5.77. The van der Waals surface area contributed by atoms with Crippen LogP contribution in [0.2, 0.25) is 0 Å². The molecule has 0 aliphatic heterocycles. The molecule has 4 bridgehead atoms. The molecular formula is C26H23FN6O. The molecule has 4 atom stereocenters. The number of hydrogen-bond donors (Lipinski definition) is 1. The van der Waals surface area contributed by atoms with Crippen molar-refractivity contribution in [3.63, 3.8) is 0 Å². The summed E-state index contributed by atoms with van der Waals surface area (Å²) in [7, 11) is 0. The van der Waals surface area contributed by atoms with Gasteiger partial charge in [0.05, 0.1) is 29.5 Å². The van der Waals surface area contributed by atoms with E-state index in [2.05, 4.69) is 15.6 Å².